The Kier molecular flexibility index (Phi) is 5.14. The zero-order valence-electron chi connectivity index (χ0n) is 24.5. The van der Waals surface area contributed by atoms with Gasteiger partial charge in [0.15, 0.2) is 0 Å². The second kappa shape index (κ2) is 8.89. The Bertz CT molecular complexity index is 2440. The number of hydrogen-bond acceptors (Lipinski definition) is 1. The van der Waals surface area contributed by atoms with Gasteiger partial charge in [0.05, 0.1) is 0 Å². The summed E-state index contributed by atoms with van der Waals surface area (Å²) >= 11 is 1.89. The molecule has 8 aromatic rings. The molecule has 1 aliphatic rings. The number of aryl methyl sites for hydroxylation is 1. The van der Waals surface area contributed by atoms with Crippen LogP contribution in [0.2, 0.25) is 0 Å². The third kappa shape index (κ3) is 3.43. The maximum Gasteiger partial charge on any atom is 0.0361 e. The third-order valence-corrected chi connectivity index (χ3v) is 10.9. The molecule has 0 nitrogen and oxygen atoms in total. The summed E-state index contributed by atoms with van der Waals surface area (Å²) in [4.78, 5) is 0. The first kappa shape index (κ1) is 24.8. The molecule has 1 aromatic heterocycles. The molecule has 9 rings (SSSR count). The number of fused-ring (bicyclic) bond motifs is 8. The van der Waals surface area contributed by atoms with Crippen molar-refractivity contribution < 1.29 is 0 Å². The van der Waals surface area contributed by atoms with Crippen LogP contribution in [0.4, 0.5) is 0 Å². The quantitative estimate of drug-likeness (QED) is 0.183. The van der Waals surface area contributed by atoms with Gasteiger partial charge in [-0.05, 0) is 91.2 Å². The molecule has 0 spiro atoms. The molecule has 0 saturated carbocycles. The molecule has 1 aliphatic carbocycles. The van der Waals surface area contributed by atoms with E-state index in [1.807, 2.05) is 11.3 Å². The molecular formula is C42H30S. The molecule has 0 saturated heterocycles. The predicted molar refractivity (Wildman–Crippen MR) is 188 cm³/mol. The molecule has 0 fully saturated rings. The molecule has 1 heteroatoms. The third-order valence-electron chi connectivity index (χ3n) is 9.72. The Labute approximate surface area is 255 Å². The van der Waals surface area contributed by atoms with E-state index in [2.05, 4.69) is 148 Å². The largest absolute Gasteiger partial charge is 0.135 e. The van der Waals surface area contributed by atoms with Crippen molar-refractivity contribution in [3.05, 3.63) is 144 Å². The van der Waals surface area contributed by atoms with E-state index >= 15 is 0 Å². The molecule has 0 unspecified atom stereocenters. The van der Waals surface area contributed by atoms with E-state index in [0.717, 1.165) is 0 Å². The number of thiophene rings is 1. The lowest BCUT2D eigenvalue weighted by molar-refractivity contribution is 0.660. The highest BCUT2D eigenvalue weighted by atomic mass is 32.1. The van der Waals surface area contributed by atoms with E-state index < -0.39 is 0 Å². The molecule has 0 atom stereocenters. The Morgan fingerprint density at radius 1 is 0.465 bits per heavy atom. The molecule has 0 aliphatic heterocycles. The molecule has 0 amide bonds. The molecule has 0 N–H and O–H groups in total. The van der Waals surface area contributed by atoms with Gasteiger partial charge < -0.3 is 0 Å². The van der Waals surface area contributed by atoms with E-state index in [4.69, 9.17) is 0 Å². The summed E-state index contributed by atoms with van der Waals surface area (Å²) in [5, 5.41) is 7.94. The predicted octanol–water partition coefficient (Wildman–Crippen LogP) is 12.3. The standard InChI is InChI=1S/C42H30S/c1-25-19-21-31-34(23-25)39(26-20-22-28-27-11-6-8-16-35(27)42(2,3)36(28)24-26)29-12-4-5-13-30(29)40(31)33-15-10-18-38-41(33)32-14-7-9-17-37(32)43-38/h4-24H,1-3H3. The van der Waals surface area contributed by atoms with Crippen LogP contribution in [0.25, 0.3) is 75.1 Å². The van der Waals surface area contributed by atoms with Crippen LogP contribution in [0.5, 0.6) is 0 Å². The highest BCUT2D eigenvalue weighted by Gasteiger charge is 2.35. The fourth-order valence-electron chi connectivity index (χ4n) is 7.74. The van der Waals surface area contributed by atoms with Crippen molar-refractivity contribution in [2.24, 2.45) is 0 Å². The lowest BCUT2D eigenvalue weighted by atomic mass is 9.80. The summed E-state index contributed by atoms with van der Waals surface area (Å²) < 4.78 is 2.68. The van der Waals surface area contributed by atoms with E-state index in [-0.39, 0.29) is 5.41 Å². The van der Waals surface area contributed by atoms with Crippen molar-refractivity contribution in [3.8, 4) is 33.4 Å². The molecule has 1 heterocycles. The van der Waals surface area contributed by atoms with Gasteiger partial charge in [-0.3, -0.25) is 0 Å². The van der Waals surface area contributed by atoms with Crippen molar-refractivity contribution in [1.82, 2.24) is 0 Å². The van der Waals surface area contributed by atoms with Crippen LogP contribution >= 0.6 is 11.3 Å². The molecule has 0 radical (unpaired) electrons. The molecular weight excluding hydrogens is 537 g/mol. The van der Waals surface area contributed by atoms with Gasteiger partial charge in [-0.15, -0.1) is 11.3 Å². The van der Waals surface area contributed by atoms with Gasteiger partial charge in [-0.1, -0.05) is 129 Å². The topological polar surface area (TPSA) is 0 Å². The monoisotopic (exact) mass is 566 g/mol. The first-order valence-corrected chi connectivity index (χ1v) is 15.9. The van der Waals surface area contributed by atoms with Crippen LogP contribution < -0.4 is 0 Å². The Morgan fingerprint density at radius 2 is 1.12 bits per heavy atom. The van der Waals surface area contributed by atoms with Gasteiger partial charge in [-0.2, -0.15) is 0 Å². The van der Waals surface area contributed by atoms with Crippen LogP contribution in [0.15, 0.2) is 127 Å². The van der Waals surface area contributed by atoms with E-state index in [1.54, 1.807) is 0 Å². The number of hydrogen-bond donors (Lipinski definition) is 0. The Hall–Kier alpha value is -4.72. The van der Waals surface area contributed by atoms with E-state index in [1.165, 1.54) is 91.8 Å². The van der Waals surface area contributed by atoms with Gasteiger partial charge in [0.1, 0.15) is 0 Å². The summed E-state index contributed by atoms with van der Waals surface area (Å²) in [7, 11) is 0. The minimum absolute atomic E-state index is 0.0426. The first-order chi connectivity index (χ1) is 21.0. The van der Waals surface area contributed by atoms with Crippen LogP contribution in [0, 0.1) is 6.92 Å². The van der Waals surface area contributed by atoms with Crippen molar-refractivity contribution in [2.75, 3.05) is 0 Å². The Morgan fingerprint density at radius 3 is 1.98 bits per heavy atom. The highest BCUT2D eigenvalue weighted by molar-refractivity contribution is 7.25. The van der Waals surface area contributed by atoms with Gasteiger partial charge in [0.2, 0.25) is 0 Å². The SMILES string of the molecule is Cc1ccc2c(-c3cccc4sc5ccccc5c34)c3ccccc3c(-c3ccc4c(c3)C(C)(C)c3ccccc3-4)c2c1. The van der Waals surface area contributed by atoms with Crippen molar-refractivity contribution in [2.45, 2.75) is 26.2 Å². The summed E-state index contributed by atoms with van der Waals surface area (Å²) in [6, 6.07) is 47.9. The van der Waals surface area contributed by atoms with E-state index in [0.29, 0.717) is 0 Å². The number of rotatable bonds is 2. The van der Waals surface area contributed by atoms with Crippen LogP contribution in [0.3, 0.4) is 0 Å². The average Bonchev–Trinajstić information content (AvgIpc) is 3.52. The molecule has 204 valence electrons. The van der Waals surface area contributed by atoms with E-state index in [9.17, 15) is 0 Å². The zero-order chi connectivity index (χ0) is 28.9. The van der Waals surface area contributed by atoms with Crippen LogP contribution in [-0.4, -0.2) is 0 Å². The summed E-state index contributed by atoms with van der Waals surface area (Å²) in [6.07, 6.45) is 0. The Balaban J connectivity index is 1.40. The summed E-state index contributed by atoms with van der Waals surface area (Å²) in [6.45, 7) is 6.96. The van der Waals surface area contributed by atoms with Crippen LogP contribution in [-0.2, 0) is 5.41 Å². The van der Waals surface area contributed by atoms with Gasteiger partial charge in [-0.25, -0.2) is 0 Å². The minimum Gasteiger partial charge on any atom is -0.135 e. The normalized spacial score (nSPS) is 13.7. The van der Waals surface area contributed by atoms with Gasteiger partial charge in [0, 0.05) is 25.6 Å². The zero-order valence-corrected chi connectivity index (χ0v) is 25.3. The highest BCUT2D eigenvalue weighted by Crippen LogP contribution is 2.52. The molecule has 0 bridgehead atoms. The van der Waals surface area contributed by atoms with Crippen molar-refractivity contribution >= 4 is 53.1 Å². The van der Waals surface area contributed by atoms with Crippen molar-refractivity contribution in [3.63, 3.8) is 0 Å². The maximum absolute atomic E-state index is 2.48. The van der Waals surface area contributed by atoms with Crippen molar-refractivity contribution in [1.29, 1.82) is 0 Å². The summed E-state index contributed by atoms with van der Waals surface area (Å²) in [5.74, 6) is 0. The minimum atomic E-state index is -0.0426. The molecule has 43 heavy (non-hydrogen) atoms. The maximum atomic E-state index is 2.48. The fraction of sp³-hybridized carbons (Fsp3) is 0.0952. The summed E-state index contributed by atoms with van der Waals surface area (Å²) in [5.41, 5.74) is 12.1. The molecule has 7 aromatic carbocycles. The van der Waals surface area contributed by atoms with Gasteiger partial charge in [0.25, 0.3) is 0 Å². The lowest BCUT2D eigenvalue weighted by Crippen LogP contribution is -2.14. The smallest absolute Gasteiger partial charge is 0.0361 e. The fourth-order valence-corrected chi connectivity index (χ4v) is 8.87. The number of benzene rings is 7. The van der Waals surface area contributed by atoms with Crippen LogP contribution in [0.1, 0.15) is 30.5 Å². The second-order valence-corrected chi connectivity index (χ2v) is 13.6. The van der Waals surface area contributed by atoms with Gasteiger partial charge >= 0.3 is 0 Å². The second-order valence-electron chi connectivity index (χ2n) is 12.6. The average molecular weight is 567 g/mol. The lowest BCUT2D eigenvalue weighted by Gasteiger charge is -2.23. The first-order valence-electron chi connectivity index (χ1n) is 15.1.